The van der Waals surface area contributed by atoms with Gasteiger partial charge in [-0.3, -0.25) is 9.59 Å². The van der Waals surface area contributed by atoms with Gasteiger partial charge in [-0.15, -0.1) is 0 Å². The van der Waals surface area contributed by atoms with Crippen molar-refractivity contribution >= 4 is 22.8 Å². The van der Waals surface area contributed by atoms with Crippen LogP contribution in [0, 0.1) is 5.92 Å². The molecule has 1 unspecified atom stereocenters. The Balaban J connectivity index is 1.53. The smallest absolute Gasteiger partial charge is 0.242 e. The minimum absolute atomic E-state index is 0.0614. The number of carbonyl (C=O) groups is 2. The predicted molar refractivity (Wildman–Crippen MR) is 121 cm³/mol. The van der Waals surface area contributed by atoms with Crippen molar-refractivity contribution in [2.24, 2.45) is 5.92 Å². The molecule has 1 aromatic heterocycles. The van der Waals surface area contributed by atoms with Crippen molar-refractivity contribution in [1.82, 2.24) is 19.8 Å². The fourth-order valence-electron chi connectivity index (χ4n) is 4.22. The molecule has 0 saturated carbocycles. The number of hydrogen-bond acceptors (Lipinski definition) is 3. The molecule has 1 aliphatic rings. The number of fused-ring (bicyclic) bond motifs is 1. The van der Waals surface area contributed by atoms with E-state index in [0.717, 1.165) is 42.5 Å². The van der Waals surface area contributed by atoms with Crippen LogP contribution >= 0.6 is 0 Å². The van der Waals surface area contributed by atoms with Gasteiger partial charge in [0.15, 0.2) is 0 Å². The van der Waals surface area contributed by atoms with Crippen molar-refractivity contribution in [3.8, 4) is 0 Å². The number of amides is 2. The van der Waals surface area contributed by atoms with Crippen molar-refractivity contribution in [2.75, 3.05) is 13.1 Å². The zero-order chi connectivity index (χ0) is 21.8. The average molecular weight is 419 g/mol. The van der Waals surface area contributed by atoms with Crippen LogP contribution in [0.25, 0.3) is 11.0 Å². The van der Waals surface area contributed by atoms with E-state index in [9.17, 15) is 9.59 Å². The molecule has 2 aromatic carbocycles. The number of rotatable bonds is 6. The van der Waals surface area contributed by atoms with Crippen LogP contribution in [-0.2, 0) is 22.6 Å². The summed E-state index contributed by atoms with van der Waals surface area (Å²) in [5.41, 5.74) is 2.72. The quantitative estimate of drug-likeness (QED) is 0.664. The number of imidazole rings is 1. The number of carbonyl (C=O) groups excluding carboxylic acids is 2. The van der Waals surface area contributed by atoms with Gasteiger partial charge in [0.1, 0.15) is 12.4 Å². The van der Waals surface area contributed by atoms with Crippen molar-refractivity contribution in [2.45, 2.75) is 45.7 Å². The number of nitrogens with one attached hydrogen (secondary N) is 1. The number of nitrogens with zero attached hydrogens (tertiary/aromatic N) is 3. The second-order valence-electron chi connectivity index (χ2n) is 8.56. The molecule has 3 aromatic rings. The summed E-state index contributed by atoms with van der Waals surface area (Å²) in [7, 11) is 0. The third-order valence-electron chi connectivity index (χ3n) is 6.09. The Morgan fingerprint density at radius 2 is 1.74 bits per heavy atom. The first kappa shape index (κ1) is 21.1. The summed E-state index contributed by atoms with van der Waals surface area (Å²) in [6, 6.07) is 17.2. The van der Waals surface area contributed by atoms with E-state index in [1.165, 1.54) is 0 Å². The van der Waals surface area contributed by atoms with Gasteiger partial charge < -0.3 is 14.8 Å². The number of aromatic nitrogens is 2. The maximum Gasteiger partial charge on any atom is 0.242 e. The van der Waals surface area contributed by atoms with E-state index in [1.807, 2.05) is 71.0 Å². The van der Waals surface area contributed by atoms with Gasteiger partial charge in [-0.05, 0) is 43.4 Å². The lowest BCUT2D eigenvalue weighted by atomic mass is 9.99. The molecule has 1 N–H and O–H groups in total. The molecular formula is C25H30N4O2. The van der Waals surface area contributed by atoms with Crippen LogP contribution in [-0.4, -0.2) is 39.4 Å². The maximum atomic E-state index is 13.0. The summed E-state index contributed by atoms with van der Waals surface area (Å²) < 4.78 is 1.96. The number of hydrogen-bond donors (Lipinski definition) is 1. The number of para-hydroxylation sites is 2. The van der Waals surface area contributed by atoms with E-state index in [-0.39, 0.29) is 24.4 Å². The highest BCUT2D eigenvalue weighted by Gasteiger charge is 2.24. The summed E-state index contributed by atoms with van der Waals surface area (Å²) in [6.07, 6.45) is 2.42. The molecular weight excluding hydrogens is 388 g/mol. The first-order valence-corrected chi connectivity index (χ1v) is 11.1. The lowest BCUT2D eigenvalue weighted by Gasteiger charge is -2.30. The molecule has 1 saturated heterocycles. The second kappa shape index (κ2) is 9.33. The fraction of sp³-hybridized carbons (Fsp3) is 0.400. The molecule has 1 fully saturated rings. The molecule has 0 aliphatic carbocycles. The molecule has 4 rings (SSSR count). The molecule has 6 heteroatoms. The average Bonchev–Trinajstić information content (AvgIpc) is 3.13. The largest absolute Gasteiger partial charge is 0.346 e. The Labute approximate surface area is 183 Å². The standard InChI is InChI=1S/C25H30N4O2/c1-18-12-14-28(15-13-18)24(31)17-29-22-11-7-6-10-21(22)27-25(29)19(2)26-23(30)16-20-8-4-3-5-9-20/h3-11,18-19H,12-17H2,1-2H3,(H,26,30). The molecule has 0 radical (unpaired) electrons. The van der Waals surface area contributed by atoms with Gasteiger partial charge in [-0.25, -0.2) is 4.98 Å². The van der Waals surface area contributed by atoms with E-state index < -0.39 is 0 Å². The van der Waals surface area contributed by atoms with Gasteiger partial charge in [-0.1, -0.05) is 49.4 Å². The lowest BCUT2D eigenvalue weighted by molar-refractivity contribution is -0.133. The molecule has 6 nitrogen and oxygen atoms in total. The number of benzene rings is 2. The Bertz CT molecular complexity index is 1050. The van der Waals surface area contributed by atoms with Gasteiger partial charge in [0, 0.05) is 13.1 Å². The zero-order valence-corrected chi connectivity index (χ0v) is 18.3. The Morgan fingerprint density at radius 1 is 1.06 bits per heavy atom. The molecule has 1 aliphatic heterocycles. The van der Waals surface area contributed by atoms with Crippen LogP contribution in [0.3, 0.4) is 0 Å². The van der Waals surface area contributed by atoms with Crippen LogP contribution in [0.5, 0.6) is 0 Å². The Hall–Kier alpha value is -3.15. The molecule has 162 valence electrons. The van der Waals surface area contributed by atoms with E-state index in [1.54, 1.807) is 0 Å². The first-order valence-electron chi connectivity index (χ1n) is 11.1. The van der Waals surface area contributed by atoms with Gasteiger partial charge in [0.2, 0.25) is 11.8 Å². The van der Waals surface area contributed by atoms with Crippen LogP contribution in [0.4, 0.5) is 0 Å². The molecule has 31 heavy (non-hydrogen) atoms. The van der Waals surface area contributed by atoms with Crippen molar-refractivity contribution in [3.63, 3.8) is 0 Å². The zero-order valence-electron chi connectivity index (χ0n) is 18.3. The van der Waals surface area contributed by atoms with E-state index in [2.05, 4.69) is 12.2 Å². The summed E-state index contributed by atoms with van der Waals surface area (Å²) in [6.45, 7) is 6.02. The summed E-state index contributed by atoms with van der Waals surface area (Å²) in [4.78, 5) is 32.4. The van der Waals surface area contributed by atoms with Gasteiger partial charge >= 0.3 is 0 Å². The van der Waals surface area contributed by atoms with E-state index in [0.29, 0.717) is 18.2 Å². The second-order valence-corrected chi connectivity index (χ2v) is 8.56. The highest BCUT2D eigenvalue weighted by atomic mass is 16.2. The van der Waals surface area contributed by atoms with Gasteiger partial charge in [-0.2, -0.15) is 0 Å². The van der Waals surface area contributed by atoms with Crippen LogP contribution in [0.2, 0.25) is 0 Å². The van der Waals surface area contributed by atoms with Crippen molar-refractivity contribution < 1.29 is 9.59 Å². The minimum Gasteiger partial charge on any atom is -0.346 e. The monoisotopic (exact) mass is 418 g/mol. The summed E-state index contributed by atoms with van der Waals surface area (Å²) in [5, 5.41) is 3.06. The Kier molecular flexibility index (Phi) is 6.35. The van der Waals surface area contributed by atoms with Crippen LogP contribution in [0.15, 0.2) is 54.6 Å². The third-order valence-corrected chi connectivity index (χ3v) is 6.09. The van der Waals surface area contributed by atoms with Gasteiger partial charge in [0.05, 0.1) is 23.5 Å². The highest BCUT2D eigenvalue weighted by Crippen LogP contribution is 2.22. The highest BCUT2D eigenvalue weighted by molar-refractivity contribution is 5.82. The first-order chi connectivity index (χ1) is 15.0. The van der Waals surface area contributed by atoms with E-state index in [4.69, 9.17) is 4.98 Å². The number of piperidine rings is 1. The maximum absolute atomic E-state index is 13.0. The van der Waals surface area contributed by atoms with Crippen LogP contribution in [0.1, 0.15) is 44.1 Å². The fourth-order valence-corrected chi connectivity index (χ4v) is 4.22. The topological polar surface area (TPSA) is 67.2 Å². The molecule has 1 atom stereocenters. The van der Waals surface area contributed by atoms with Gasteiger partial charge in [0.25, 0.3) is 0 Å². The summed E-state index contributed by atoms with van der Waals surface area (Å²) in [5.74, 6) is 1.43. The summed E-state index contributed by atoms with van der Waals surface area (Å²) >= 11 is 0. The minimum atomic E-state index is -0.308. The van der Waals surface area contributed by atoms with E-state index >= 15 is 0 Å². The SMILES string of the molecule is CC1CCN(C(=O)Cn2c(C(C)NC(=O)Cc3ccccc3)nc3ccccc32)CC1. The normalized spacial score (nSPS) is 15.7. The van der Waals surface area contributed by atoms with Crippen molar-refractivity contribution in [3.05, 3.63) is 66.0 Å². The molecule has 0 spiro atoms. The Morgan fingerprint density at radius 3 is 2.48 bits per heavy atom. The third kappa shape index (κ3) is 4.95. The number of likely N-dealkylation sites (tertiary alicyclic amines) is 1. The molecule has 2 amide bonds. The lowest BCUT2D eigenvalue weighted by Crippen LogP contribution is -2.40. The van der Waals surface area contributed by atoms with Crippen molar-refractivity contribution in [1.29, 1.82) is 0 Å². The predicted octanol–water partition coefficient (Wildman–Crippen LogP) is 3.71. The van der Waals surface area contributed by atoms with Crippen LogP contribution < -0.4 is 5.32 Å². The molecule has 0 bridgehead atoms. The molecule has 2 heterocycles.